The van der Waals surface area contributed by atoms with Crippen LogP contribution < -0.4 is 5.32 Å². The monoisotopic (exact) mass is 259 g/mol. The Morgan fingerprint density at radius 2 is 2.31 bits per heavy atom. The van der Waals surface area contributed by atoms with Crippen molar-refractivity contribution in [2.45, 2.75) is 6.42 Å². The number of fused-ring (bicyclic) bond motifs is 1. The lowest BCUT2D eigenvalue weighted by Gasteiger charge is -2.12. The van der Waals surface area contributed by atoms with Gasteiger partial charge < -0.3 is 5.32 Å². The van der Waals surface area contributed by atoms with Gasteiger partial charge in [-0.15, -0.1) is 11.3 Å². The van der Waals surface area contributed by atoms with E-state index in [1.165, 1.54) is 11.3 Å². The van der Waals surface area contributed by atoms with Crippen LogP contribution >= 0.6 is 27.3 Å². The number of carbonyl (C=O) groups excluding carboxylic acids is 2. The van der Waals surface area contributed by atoms with E-state index >= 15 is 0 Å². The fourth-order valence-electron chi connectivity index (χ4n) is 1.41. The van der Waals surface area contributed by atoms with Gasteiger partial charge in [0.1, 0.15) is 0 Å². The first kappa shape index (κ1) is 8.90. The summed E-state index contributed by atoms with van der Waals surface area (Å²) >= 11 is 4.60. The van der Waals surface area contributed by atoms with Crippen molar-refractivity contribution in [2.24, 2.45) is 0 Å². The van der Waals surface area contributed by atoms with E-state index in [4.69, 9.17) is 0 Å². The molecule has 0 saturated carbocycles. The van der Waals surface area contributed by atoms with Gasteiger partial charge in [-0.2, -0.15) is 0 Å². The van der Waals surface area contributed by atoms with E-state index in [9.17, 15) is 9.59 Å². The standard InChI is InChI=1S/C8H6BrNO2S/c9-7-6-4(5(3-11)13-7)1-2-10-8(6)12/h3H,1-2H2,(H,10,12). The van der Waals surface area contributed by atoms with E-state index < -0.39 is 0 Å². The van der Waals surface area contributed by atoms with Crippen molar-refractivity contribution in [1.29, 1.82) is 0 Å². The molecule has 0 radical (unpaired) electrons. The van der Waals surface area contributed by atoms with Crippen LogP contribution in [0.5, 0.6) is 0 Å². The average molecular weight is 260 g/mol. The number of hydrogen-bond donors (Lipinski definition) is 1. The predicted octanol–water partition coefficient (Wildman–Crippen LogP) is 1.61. The first-order chi connectivity index (χ1) is 6.24. The Morgan fingerprint density at radius 1 is 1.54 bits per heavy atom. The van der Waals surface area contributed by atoms with Crippen LogP contribution in [0.2, 0.25) is 0 Å². The summed E-state index contributed by atoms with van der Waals surface area (Å²) in [5.74, 6) is -0.0857. The molecule has 1 N–H and O–H groups in total. The van der Waals surface area contributed by atoms with Crippen molar-refractivity contribution in [3.8, 4) is 0 Å². The van der Waals surface area contributed by atoms with Gasteiger partial charge in [-0.05, 0) is 27.9 Å². The van der Waals surface area contributed by atoms with E-state index in [2.05, 4.69) is 21.2 Å². The Kier molecular flexibility index (Phi) is 2.21. The lowest BCUT2D eigenvalue weighted by Crippen LogP contribution is -2.31. The third-order valence-corrected chi connectivity index (χ3v) is 3.82. The topological polar surface area (TPSA) is 46.2 Å². The van der Waals surface area contributed by atoms with Crippen LogP contribution in [0.25, 0.3) is 0 Å². The highest BCUT2D eigenvalue weighted by Crippen LogP contribution is 2.33. The summed E-state index contributed by atoms with van der Waals surface area (Å²) < 4.78 is 0.752. The summed E-state index contributed by atoms with van der Waals surface area (Å²) in [5.41, 5.74) is 1.52. The molecule has 0 spiro atoms. The molecule has 68 valence electrons. The van der Waals surface area contributed by atoms with Crippen LogP contribution in [-0.2, 0) is 6.42 Å². The van der Waals surface area contributed by atoms with Crippen molar-refractivity contribution in [1.82, 2.24) is 5.32 Å². The second-order valence-electron chi connectivity index (χ2n) is 2.72. The molecule has 0 unspecified atom stereocenters. The molecular weight excluding hydrogens is 254 g/mol. The number of aldehydes is 1. The van der Waals surface area contributed by atoms with E-state index in [1.807, 2.05) is 0 Å². The highest BCUT2D eigenvalue weighted by molar-refractivity contribution is 9.11. The molecule has 3 nitrogen and oxygen atoms in total. The maximum Gasteiger partial charge on any atom is 0.253 e. The minimum atomic E-state index is -0.0857. The lowest BCUT2D eigenvalue weighted by atomic mass is 10.0. The summed E-state index contributed by atoms with van der Waals surface area (Å²) in [5, 5.41) is 2.74. The Bertz CT molecular complexity index is 386. The fraction of sp³-hybridized carbons (Fsp3) is 0.250. The number of hydrogen-bond acceptors (Lipinski definition) is 3. The number of rotatable bonds is 1. The molecule has 5 heteroatoms. The van der Waals surface area contributed by atoms with E-state index in [0.717, 1.165) is 22.1 Å². The van der Waals surface area contributed by atoms with Crippen molar-refractivity contribution in [2.75, 3.05) is 6.54 Å². The summed E-state index contributed by atoms with van der Waals surface area (Å²) in [7, 11) is 0. The molecule has 1 aliphatic rings. The van der Waals surface area contributed by atoms with E-state index in [0.29, 0.717) is 17.0 Å². The van der Waals surface area contributed by atoms with Gasteiger partial charge in [0, 0.05) is 6.54 Å². The molecular formula is C8H6BrNO2S. The van der Waals surface area contributed by atoms with Crippen LogP contribution in [0.1, 0.15) is 25.6 Å². The van der Waals surface area contributed by atoms with Gasteiger partial charge in [0.25, 0.3) is 5.91 Å². The van der Waals surface area contributed by atoms with E-state index in [1.54, 1.807) is 0 Å². The molecule has 2 heterocycles. The lowest BCUT2D eigenvalue weighted by molar-refractivity contribution is 0.0946. The third kappa shape index (κ3) is 1.32. The van der Waals surface area contributed by atoms with Crippen molar-refractivity contribution in [3.05, 3.63) is 19.8 Å². The summed E-state index contributed by atoms with van der Waals surface area (Å²) in [6.07, 6.45) is 1.56. The molecule has 0 aliphatic carbocycles. The molecule has 1 aromatic rings. The van der Waals surface area contributed by atoms with Crippen LogP contribution in [0.4, 0.5) is 0 Å². The Morgan fingerprint density at radius 3 is 3.00 bits per heavy atom. The molecule has 1 aromatic heterocycles. The van der Waals surface area contributed by atoms with Crippen LogP contribution in [0.15, 0.2) is 3.79 Å². The molecule has 1 amide bonds. The van der Waals surface area contributed by atoms with Gasteiger partial charge in [0.15, 0.2) is 6.29 Å². The zero-order chi connectivity index (χ0) is 9.42. The maximum atomic E-state index is 11.4. The van der Waals surface area contributed by atoms with Gasteiger partial charge in [-0.1, -0.05) is 0 Å². The van der Waals surface area contributed by atoms with Gasteiger partial charge >= 0.3 is 0 Å². The second kappa shape index (κ2) is 3.23. The average Bonchev–Trinajstić information content (AvgIpc) is 2.44. The molecule has 0 aromatic carbocycles. The SMILES string of the molecule is O=Cc1sc(Br)c2c1CCNC2=O. The zero-order valence-corrected chi connectivity index (χ0v) is 9.00. The second-order valence-corrected chi connectivity index (χ2v) is 5.09. The molecule has 2 rings (SSSR count). The molecule has 0 saturated heterocycles. The summed E-state index contributed by atoms with van der Waals surface area (Å²) in [6.45, 7) is 0.621. The largest absolute Gasteiger partial charge is 0.352 e. The molecule has 1 aliphatic heterocycles. The number of halogens is 1. The van der Waals surface area contributed by atoms with Gasteiger partial charge in [0.05, 0.1) is 14.2 Å². The van der Waals surface area contributed by atoms with Crippen molar-refractivity contribution in [3.63, 3.8) is 0 Å². The predicted molar refractivity (Wildman–Crippen MR) is 53.4 cm³/mol. The van der Waals surface area contributed by atoms with E-state index in [-0.39, 0.29) is 5.91 Å². The van der Waals surface area contributed by atoms with Gasteiger partial charge in [0.2, 0.25) is 0 Å². The highest BCUT2D eigenvalue weighted by Gasteiger charge is 2.24. The first-order valence-electron chi connectivity index (χ1n) is 3.78. The van der Waals surface area contributed by atoms with Gasteiger partial charge in [-0.25, -0.2) is 0 Å². The molecule has 0 atom stereocenters. The van der Waals surface area contributed by atoms with Crippen LogP contribution in [0, 0.1) is 0 Å². The summed E-state index contributed by atoms with van der Waals surface area (Å²) in [4.78, 5) is 22.7. The minimum Gasteiger partial charge on any atom is -0.352 e. The summed E-state index contributed by atoms with van der Waals surface area (Å²) in [6, 6.07) is 0. The first-order valence-corrected chi connectivity index (χ1v) is 5.39. The third-order valence-electron chi connectivity index (χ3n) is 1.99. The highest BCUT2D eigenvalue weighted by atomic mass is 79.9. The molecule has 0 fully saturated rings. The quantitative estimate of drug-likeness (QED) is 0.780. The number of nitrogens with one attached hydrogen (secondary N) is 1. The van der Waals surface area contributed by atoms with Crippen LogP contribution in [0.3, 0.4) is 0 Å². The molecule has 13 heavy (non-hydrogen) atoms. The number of thiophene rings is 1. The Hall–Kier alpha value is -0.680. The van der Waals surface area contributed by atoms with Crippen molar-refractivity contribution >= 4 is 39.5 Å². The van der Waals surface area contributed by atoms with Crippen LogP contribution in [-0.4, -0.2) is 18.7 Å². The smallest absolute Gasteiger partial charge is 0.253 e. The normalized spacial score (nSPS) is 15.0. The van der Waals surface area contributed by atoms with Gasteiger partial charge in [-0.3, -0.25) is 9.59 Å². The fourth-order valence-corrected chi connectivity index (χ4v) is 3.24. The Labute approximate surface area is 87.3 Å². The zero-order valence-electron chi connectivity index (χ0n) is 6.59. The Balaban J connectivity index is 2.63. The van der Waals surface area contributed by atoms with Crippen molar-refractivity contribution < 1.29 is 9.59 Å². The number of amides is 1. The minimum absolute atomic E-state index is 0.0857. The molecule has 0 bridgehead atoms. The maximum absolute atomic E-state index is 11.4. The number of carbonyl (C=O) groups is 2.